The molecule has 1 aliphatic heterocycles. The third-order valence-electron chi connectivity index (χ3n) is 5.48. The summed E-state index contributed by atoms with van der Waals surface area (Å²) in [5.74, 6) is -0.333. The second-order valence-corrected chi connectivity index (χ2v) is 8.11. The highest BCUT2D eigenvalue weighted by molar-refractivity contribution is 7.98. The van der Waals surface area contributed by atoms with Crippen molar-refractivity contribution in [2.75, 3.05) is 12.0 Å². The minimum atomic E-state index is -0.799. The van der Waals surface area contributed by atoms with Crippen molar-refractivity contribution in [1.29, 1.82) is 0 Å². The van der Waals surface area contributed by atoms with Crippen LogP contribution in [0.4, 0.5) is 0 Å². The molecule has 2 atom stereocenters. The lowest BCUT2D eigenvalue weighted by Gasteiger charge is -2.27. The predicted molar refractivity (Wildman–Crippen MR) is 109 cm³/mol. The van der Waals surface area contributed by atoms with Crippen molar-refractivity contribution in [2.45, 2.75) is 31.3 Å². The predicted octanol–water partition coefficient (Wildman–Crippen LogP) is 3.21. The van der Waals surface area contributed by atoms with Gasteiger partial charge in [-0.15, -0.1) is 0 Å². The summed E-state index contributed by atoms with van der Waals surface area (Å²) < 4.78 is 0. The van der Waals surface area contributed by atoms with E-state index in [9.17, 15) is 14.4 Å². The molecule has 2 aromatic carbocycles. The molecule has 2 aromatic rings. The SMILES string of the molecule is CSCCC(C(=O)NC1CCc2ccccc21)N1C(=O)c2ccccc2C1=O. The van der Waals surface area contributed by atoms with Crippen molar-refractivity contribution in [2.24, 2.45) is 0 Å². The second-order valence-electron chi connectivity index (χ2n) is 7.12. The molecule has 0 aromatic heterocycles. The Balaban J connectivity index is 1.58. The number of carbonyl (C=O) groups excluding carboxylic acids is 3. The van der Waals surface area contributed by atoms with E-state index < -0.39 is 6.04 Å². The molecule has 0 radical (unpaired) electrons. The molecule has 1 N–H and O–H groups in total. The summed E-state index contributed by atoms with van der Waals surface area (Å²) in [6, 6.07) is 14.0. The fourth-order valence-electron chi connectivity index (χ4n) is 4.07. The number of nitrogens with zero attached hydrogens (tertiary/aromatic N) is 1. The van der Waals surface area contributed by atoms with E-state index in [1.807, 2.05) is 24.5 Å². The Hall–Kier alpha value is -2.60. The van der Waals surface area contributed by atoms with Crippen LogP contribution in [0.1, 0.15) is 50.7 Å². The van der Waals surface area contributed by atoms with E-state index in [4.69, 9.17) is 0 Å². The highest BCUT2D eigenvalue weighted by Crippen LogP contribution is 2.32. The topological polar surface area (TPSA) is 66.5 Å². The molecule has 5 nitrogen and oxygen atoms in total. The zero-order valence-corrected chi connectivity index (χ0v) is 16.5. The lowest BCUT2D eigenvalue weighted by atomic mass is 10.1. The van der Waals surface area contributed by atoms with Gasteiger partial charge in [0, 0.05) is 0 Å². The van der Waals surface area contributed by atoms with E-state index in [-0.39, 0.29) is 23.8 Å². The van der Waals surface area contributed by atoms with Crippen LogP contribution < -0.4 is 5.32 Å². The van der Waals surface area contributed by atoms with Crippen LogP contribution in [0.5, 0.6) is 0 Å². The van der Waals surface area contributed by atoms with Gasteiger partial charge >= 0.3 is 0 Å². The highest BCUT2D eigenvalue weighted by Gasteiger charge is 2.43. The van der Waals surface area contributed by atoms with E-state index in [1.165, 1.54) is 5.56 Å². The van der Waals surface area contributed by atoms with E-state index >= 15 is 0 Å². The van der Waals surface area contributed by atoms with Gasteiger partial charge in [-0.3, -0.25) is 19.3 Å². The van der Waals surface area contributed by atoms with E-state index in [0.29, 0.717) is 23.3 Å². The molecule has 0 fully saturated rings. The fourth-order valence-corrected chi connectivity index (χ4v) is 4.53. The number of benzene rings is 2. The van der Waals surface area contributed by atoms with Crippen molar-refractivity contribution in [3.05, 3.63) is 70.8 Å². The summed E-state index contributed by atoms with van der Waals surface area (Å²) in [4.78, 5) is 40.1. The number of hydrogen-bond donors (Lipinski definition) is 1. The summed E-state index contributed by atoms with van der Waals surface area (Å²) in [5.41, 5.74) is 3.12. The lowest BCUT2D eigenvalue weighted by Crippen LogP contribution is -2.50. The monoisotopic (exact) mass is 394 g/mol. The molecule has 6 heteroatoms. The molecule has 144 valence electrons. The Morgan fingerprint density at radius 3 is 2.43 bits per heavy atom. The van der Waals surface area contributed by atoms with Gasteiger partial charge in [0.25, 0.3) is 11.8 Å². The Bertz CT molecular complexity index is 908. The zero-order valence-electron chi connectivity index (χ0n) is 15.7. The standard InChI is InChI=1S/C22H22N2O3S/c1-28-13-12-19(24-21(26)16-8-4-5-9-17(16)22(24)27)20(25)23-18-11-10-14-6-2-3-7-15(14)18/h2-9,18-19H,10-13H2,1H3,(H,23,25). The molecule has 0 saturated heterocycles. The number of fused-ring (bicyclic) bond motifs is 2. The first-order valence-electron chi connectivity index (χ1n) is 9.46. The fraction of sp³-hybridized carbons (Fsp3) is 0.318. The molecule has 0 spiro atoms. The third-order valence-corrected chi connectivity index (χ3v) is 6.13. The van der Waals surface area contributed by atoms with Crippen LogP contribution in [0.15, 0.2) is 48.5 Å². The van der Waals surface area contributed by atoms with Crippen LogP contribution in [-0.4, -0.2) is 40.7 Å². The van der Waals surface area contributed by atoms with Gasteiger partial charge in [0.15, 0.2) is 0 Å². The molecular weight excluding hydrogens is 372 g/mol. The number of nitrogens with one attached hydrogen (secondary N) is 1. The summed E-state index contributed by atoms with van der Waals surface area (Å²) in [5, 5.41) is 3.09. The maximum Gasteiger partial charge on any atom is 0.262 e. The Labute approximate surface area is 168 Å². The Kier molecular flexibility index (Phi) is 5.22. The van der Waals surface area contributed by atoms with Gasteiger partial charge in [0.1, 0.15) is 6.04 Å². The number of carbonyl (C=O) groups is 3. The summed E-state index contributed by atoms with van der Waals surface area (Å²) >= 11 is 1.59. The van der Waals surface area contributed by atoms with E-state index in [2.05, 4.69) is 11.4 Å². The molecule has 0 bridgehead atoms. The number of rotatable bonds is 6. The number of aryl methyl sites for hydroxylation is 1. The van der Waals surface area contributed by atoms with Crippen molar-refractivity contribution in [3.63, 3.8) is 0 Å². The average Bonchev–Trinajstić information content (AvgIpc) is 3.23. The van der Waals surface area contributed by atoms with Crippen LogP contribution in [0.3, 0.4) is 0 Å². The lowest BCUT2D eigenvalue weighted by molar-refractivity contribution is -0.125. The minimum Gasteiger partial charge on any atom is -0.347 e. The van der Waals surface area contributed by atoms with Crippen LogP contribution >= 0.6 is 11.8 Å². The largest absolute Gasteiger partial charge is 0.347 e. The molecule has 4 rings (SSSR count). The maximum absolute atomic E-state index is 13.2. The maximum atomic E-state index is 13.2. The number of hydrogen-bond acceptors (Lipinski definition) is 4. The summed E-state index contributed by atoms with van der Waals surface area (Å²) in [6.07, 6.45) is 4.14. The minimum absolute atomic E-state index is 0.0735. The first-order chi connectivity index (χ1) is 13.6. The van der Waals surface area contributed by atoms with Crippen molar-refractivity contribution in [3.8, 4) is 0 Å². The smallest absolute Gasteiger partial charge is 0.262 e. The van der Waals surface area contributed by atoms with Gasteiger partial charge in [0.05, 0.1) is 17.2 Å². The molecule has 28 heavy (non-hydrogen) atoms. The number of amides is 3. The van der Waals surface area contributed by atoms with Gasteiger partial charge < -0.3 is 5.32 Å². The normalized spacial score (nSPS) is 18.8. The molecular formula is C22H22N2O3S. The third kappa shape index (κ3) is 3.22. The summed E-state index contributed by atoms with van der Waals surface area (Å²) in [7, 11) is 0. The Morgan fingerprint density at radius 2 is 1.75 bits per heavy atom. The number of thioether (sulfide) groups is 1. The van der Waals surface area contributed by atoms with Gasteiger partial charge in [-0.05, 0) is 54.5 Å². The zero-order chi connectivity index (χ0) is 19.7. The van der Waals surface area contributed by atoms with Gasteiger partial charge in [-0.2, -0.15) is 11.8 Å². The Morgan fingerprint density at radius 1 is 1.11 bits per heavy atom. The first-order valence-corrected chi connectivity index (χ1v) is 10.8. The van der Waals surface area contributed by atoms with Crippen molar-refractivity contribution in [1.82, 2.24) is 10.2 Å². The quantitative estimate of drug-likeness (QED) is 0.764. The van der Waals surface area contributed by atoms with E-state index in [0.717, 1.165) is 23.3 Å². The van der Waals surface area contributed by atoms with Gasteiger partial charge in [-0.25, -0.2) is 0 Å². The average molecular weight is 394 g/mol. The van der Waals surface area contributed by atoms with E-state index in [1.54, 1.807) is 36.0 Å². The highest BCUT2D eigenvalue weighted by atomic mass is 32.2. The van der Waals surface area contributed by atoms with Crippen molar-refractivity contribution >= 4 is 29.5 Å². The molecule has 3 amide bonds. The second kappa shape index (κ2) is 7.80. The van der Waals surface area contributed by atoms with Crippen LogP contribution in [-0.2, 0) is 11.2 Å². The molecule has 1 heterocycles. The van der Waals surface area contributed by atoms with Crippen LogP contribution in [0, 0.1) is 0 Å². The molecule has 0 saturated carbocycles. The molecule has 1 aliphatic carbocycles. The summed E-state index contributed by atoms with van der Waals surface area (Å²) in [6.45, 7) is 0. The molecule has 2 aliphatic rings. The first kappa shape index (κ1) is 18.7. The number of imide groups is 1. The van der Waals surface area contributed by atoms with Gasteiger partial charge in [-0.1, -0.05) is 36.4 Å². The molecule has 2 unspecified atom stereocenters. The van der Waals surface area contributed by atoms with Crippen LogP contribution in [0.25, 0.3) is 0 Å². The van der Waals surface area contributed by atoms with Crippen molar-refractivity contribution < 1.29 is 14.4 Å². The van der Waals surface area contributed by atoms with Gasteiger partial charge in [0.2, 0.25) is 5.91 Å². The van der Waals surface area contributed by atoms with Crippen LogP contribution in [0.2, 0.25) is 0 Å².